The lowest BCUT2D eigenvalue weighted by Gasteiger charge is -2.12. The Morgan fingerprint density at radius 3 is 2.90 bits per heavy atom. The molecular weight excluding hydrogens is 276 g/mol. The Balaban J connectivity index is 2.16. The second-order valence-corrected chi connectivity index (χ2v) is 5.30. The first-order valence-corrected chi connectivity index (χ1v) is 7.11. The summed E-state index contributed by atoms with van der Waals surface area (Å²) in [6.45, 7) is 7.36. The van der Waals surface area contributed by atoms with E-state index in [-0.39, 0.29) is 11.9 Å². The summed E-state index contributed by atoms with van der Waals surface area (Å²) in [5.74, 6) is 0.158. The third kappa shape index (κ3) is 3.14. The fourth-order valence-corrected chi connectivity index (χ4v) is 2.33. The molecule has 2 N–H and O–H groups in total. The topological polar surface area (TPSA) is 54.3 Å². The van der Waals surface area contributed by atoms with Crippen molar-refractivity contribution in [3.63, 3.8) is 0 Å². The van der Waals surface area contributed by atoms with Gasteiger partial charge in [0, 0.05) is 28.6 Å². The molecule has 1 aromatic carbocycles. The number of carbonyl (C=O) groups excluding carboxylic acids is 1. The number of benzene rings is 1. The summed E-state index contributed by atoms with van der Waals surface area (Å²) in [7, 11) is 0. The fraction of sp³-hybridized carbons (Fsp3) is 0.400. The van der Waals surface area contributed by atoms with E-state index in [0.717, 1.165) is 17.5 Å². The molecule has 2 aromatic rings. The third-order valence-electron chi connectivity index (χ3n) is 3.23. The van der Waals surface area contributed by atoms with Crippen molar-refractivity contribution >= 4 is 28.5 Å². The van der Waals surface area contributed by atoms with Crippen LogP contribution in [0.3, 0.4) is 0 Å². The van der Waals surface area contributed by atoms with Crippen LogP contribution in [0.1, 0.15) is 30.0 Å². The predicted molar refractivity (Wildman–Crippen MR) is 81.4 cm³/mol. The summed E-state index contributed by atoms with van der Waals surface area (Å²) in [4.78, 5) is 12.2. The predicted octanol–water partition coefficient (Wildman–Crippen LogP) is 3.12. The maximum absolute atomic E-state index is 12.2. The molecule has 0 radical (unpaired) electrons. The minimum Gasteiger partial charge on any atom is -0.451 e. The number of hydrogen-bond acceptors (Lipinski definition) is 3. The number of aryl methyl sites for hydroxylation is 1. The molecule has 0 saturated carbocycles. The molecule has 108 valence electrons. The molecule has 1 atom stereocenters. The van der Waals surface area contributed by atoms with Crippen LogP contribution in [-0.4, -0.2) is 25.0 Å². The van der Waals surface area contributed by atoms with Gasteiger partial charge in [-0.3, -0.25) is 4.79 Å². The molecule has 0 spiro atoms. The molecule has 0 aliphatic heterocycles. The van der Waals surface area contributed by atoms with Gasteiger partial charge in [-0.1, -0.05) is 18.5 Å². The molecule has 1 amide bonds. The van der Waals surface area contributed by atoms with Gasteiger partial charge in [0.15, 0.2) is 5.76 Å². The smallest absolute Gasteiger partial charge is 0.287 e. The molecule has 0 aliphatic carbocycles. The molecule has 2 rings (SSSR count). The first-order valence-electron chi connectivity index (χ1n) is 6.73. The Labute approximate surface area is 123 Å². The zero-order valence-electron chi connectivity index (χ0n) is 11.9. The summed E-state index contributed by atoms with van der Waals surface area (Å²) in [5, 5.41) is 7.62. The van der Waals surface area contributed by atoms with Crippen LogP contribution in [0.25, 0.3) is 11.0 Å². The minimum atomic E-state index is -0.195. The average molecular weight is 295 g/mol. The highest BCUT2D eigenvalue weighted by Crippen LogP contribution is 2.27. The number of furan rings is 1. The Morgan fingerprint density at radius 1 is 1.45 bits per heavy atom. The molecule has 0 saturated heterocycles. The van der Waals surface area contributed by atoms with Crippen LogP contribution in [0.5, 0.6) is 0 Å². The number of halogens is 1. The van der Waals surface area contributed by atoms with Crippen LogP contribution in [0.15, 0.2) is 22.6 Å². The first-order chi connectivity index (χ1) is 9.52. The zero-order chi connectivity index (χ0) is 14.7. The highest BCUT2D eigenvalue weighted by Gasteiger charge is 2.18. The van der Waals surface area contributed by atoms with E-state index >= 15 is 0 Å². The maximum atomic E-state index is 12.2. The molecule has 5 heteroatoms. The molecule has 20 heavy (non-hydrogen) atoms. The van der Waals surface area contributed by atoms with Crippen molar-refractivity contribution in [1.82, 2.24) is 10.6 Å². The van der Waals surface area contributed by atoms with Gasteiger partial charge in [-0.15, -0.1) is 0 Å². The number of hydrogen-bond donors (Lipinski definition) is 2. The normalized spacial score (nSPS) is 12.6. The third-order valence-corrected chi connectivity index (χ3v) is 3.46. The first kappa shape index (κ1) is 14.9. The zero-order valence-corrected chi connectivity index (χ0v) is 12.7. The largest absolute Gasteiger partial charge is 0.451 e. The van der Waals surface area contributed by atoms with Crippen LogP contribution in [0, 0.1) is 6.92 Å². The van der Waals surface area contributed by atoms with Gasteiger partial charge in [0.2, 0.25) is 0 Å². The fourth-order valence-electron chi connectivity index (χ4n) is 2.16. The summed E-state index contributed by atoms with van der Waals surface area (Å²) in [6, 6.07) is 5.57. The van der Waals surface area contributed by atoms with E-state index in [0.29, 0.717) is 22.9 Å². The van der Waals surface area contributed by atoms with E-state index < -0.39 is 0 Å². The molecule has 4 nitrogen and oxygen atoms in total. The second-order valence-electron chi connectivity index (χ2n) is 4.87. The summed E-state index contributed by atoms with van der Waals surface area (Å²) in [6.07, 6.45) is 0. The second kappa shape index (κ2) is 6.29. The van der Waals surface area contributed by atoms with Gasteiger partial charge in [-0.2, -0.15) is 0 Å². The number of rotatable bonds is 5. The minimum absolute atomic E-state index is 0.195. The van der Waals surface area contributed by atoms with Crippen LogP contribution < -0.4 is 10.6 Å². The molecule has 0 aliphatic rings. The van der Waals surface area contributed by atoms with E-state index in [1.165, 1.54) is 0 Å². The Kier molecular flexibility index (Phi) is 4.68. The van der Waals surface area contributed by atoms with Crippen molar-refractivity contribution in [3.8, 4) is 0 Å². The van der Waals surface area contributed by atoms with E-state index in [2.05, 4.69) is 10.6 Å². The Hall–Kier alpha value is -1.52. The van der Waals surface area contributed by atoms with Gasteiger partial charge in [0.25, 0.3) is 5.91 Å². The van der Waals surface area contributed by atoms with Gasteiger partial charge in [-0.05, 0) is 38.6 Å². The van der Waals surface area contributed by atoms with Crippen LogP contribution in [0.2, 0.25) is 5.02 Å². The van der Waals surface area contributed by atoms with Gasteiger partial charge in [0.05, 0.1) is 0 Å². The molecule has 1 aromatic heterocycles. The van der Waals surface area contributed by atoms with Crippen molar-refractivity contribution < 1.29 is 9.21 Å². The van der Waals surface area contributed by atoms with E-state index in [1.54, 1.807) is 12.1 Å². The van der Waals surface area contributed by atoms with Crippen molar-refractivity contribution in [2.45, 2.75) is 26.8 Å². The van der Waals surface area contributed by atoms with E-state index in [1.807, 2.05) is 26.8 Å². The number of likely N-dealkylation sites (N-methyl/N-ethyl adjacent to an activating group) is 1. The van der Waals surface area contributed by atoms with Crippen LogP contribution >= 0.6 is 11.6 Å². The summed E-state index contributed by atoms with van der Waals surface area (Å²) in [5.41, 5.74) is 1.49. The summed E-state index contributed by atoms with van der Waals surface area (Å²) < 4.78 is 5.62. The van der Waals surface area contributed by atoms with Crippen molar-refractivity contribution in [2.24, 2.45) is 0 Å². The molecule has 0 bridgehead atoms. The van der Waals surface area contributed by atoms with Gasteiger partial charge >= 0.3 is 0 Å². The Bertz CT molecular complexity index is 622. The number of fused-ring (bicyclic) bond motifs is 1. The lowest BCUT2D eigenvalue weighted by molar-refractivity contribution is 0.0924. The van der Waals surface area contributed by atoms with Crippen molar-refractivity contribution in [1.29, 1.82) is 0 Å². The van der Waals surface area contributed by atoms with Crippen LogP contribution in [-0.2, 0) is 0 Å². The highest BCUT2D eigenvalue weighted by atomic mass is 35.5. The average Bonchev–Trinajstić information content (AvgIpc) is 2.74. The lowest BCUT2D eigenvalue weighted by atomic mass is 10.1. The molecule has 0 fully saturated rings. The molecule has 0 unspecified atom stereocenters. The molecular formula is C15H19ClN2O2. The maximum Gasteiger partial charge on any atom is 0.287 e. The van der Waals surface area contributed by atoms with Gasteiger partial charge in [0.1, 0.15) is 5.58 Å². The summed E-state index contributed by atoms with van der Waals surface area (Å²) >= 11 is 5.97. The van der Waals surface area contributed by atoms with Crippen molar-refractivity contribution in [2.75, 3.05) is 13.1 Å². The van der Waals surface area contributed by atoms with Gasteiger partial charge < -0.3 is 15.1 Å². The lowest BCUT2D eigenvalue weighted by Crippen LogP contribution is -2.38. The van der Waals surface area contributed by atoms with Crippen molar-refractivity contribution in [3.05, 3.63) is 34.5 Å². The highest BCUT2D eigenvalue weighted by molar-refractivity contribution is 6.31. The number of amides is 1. The van der Waals surface area contributed by atoms with Crippen LogP contribution in [0.4, 0.5) is 0 Å². The quantitative estimate of drug-likeness (QED) is 0.891. The van der Waals surface area contributed by atoms with Gasteiger partial charge in [-0.25, -0.2) is 0 Å². The number of nitrogens with one attached hydrogen (secondary N) is 2. The number of carbonyl (C=O) groups is 1. The monoisotopic (exact) mass is 294 g/mol. The SMILES string of the molecule is CCN[C@H](C)CNC(=O)c1oc2ccc(Cl)cc2c1C. The molecule has 1 heterocycles. The van der Waals surface area contributed by atoms with E-state index in [9.17, 15) is 4.79 Å². The van der Waals surface area contributed by atoms with E-state index in [4.69, 9.17) is 16.0 Å². The standard InChI is InChI=1S/C15H19ClN2O2/c1-4-17-9(2)8-18-15(19)14-10(3)12-7-11(16)5-6-13(12)20-14/h5-7,9,17H,4,8H2,1-3H3,(H,18,19)/t9-/m1/s1. The Morgan fingerprint density at radius 2 is 2.20 bits per heavy atom.